The fourth-order valence-corrected chi connectivity index (χ4v) is 2.64. The molecule has 7 nitrogen and oxygen atoms in total. The van der Waals surface area contributed by atoms with E-state index >= 15 is 0 Å². The first-order valence-electron chi connectivity index (χ1n) is 7.51. The Morgan fingerprint density at radius 2 is 2.17 bits per heavy atom. The number of aryl methyl sites for hydroxylation is 1. The average molecular weight is 317 g/mol. The predicted octanol–water partition coefficient (Wildman–Crippen LogP) is 1.78. The second-order valence-electron chi connectivity index (χ2n) is 5.44. The van der Waals surface area contributed by atoms with Gasteiger partial charge in [0.1, 0.15) is 0 Å². The van der Waals surface area contributed by atoms with Crippen molar-refractivity contribution in [2.45, 2.75) is 19.3 Å². The van der Waals surface area contributed by atoms with E-state index in [9.17, 15) is 4.79 Å². The zero-order valence-electron chi connectivity index (χ0n) is 13.2. The van der Waals surface area contributed by atoms with E-state index in [-0.39, 0.29) is 18.4 Å². The molecule has 1 fully saturated rings. The third kappa shape index (κ3) is 3.44. The SMILES string of the molecule is COc1ccccc1OCC(=O)N1CC[C@H](c2nc(C)no2)C1. The minimum absolute atomic E-state index is 0.0179. The molecule has 7 heteroatoms. The summed E-state index contributed by atoms with van der Waals surface area (Å²) in [5.41, 5.74) is 0. The molecule has 0 unspecified atom stereocenters. The first-order chi connectivity index (χ1) is 11.2. The molecule has 2 heterocycles. The molecule has 0 spiro atoms. The maximum Gasteiger partial charge on any atom is 0.260 e. The van der Waals surface area contributed by atoms with Crippen LogP contribution in [0.1, 0.15) is 24.1 Å². The van der Waals surface area contributed by atoms with Crippen LogP contribution in [0.15, 0.2) is 28.8 Å². The van der Waals surface area contributed by atoms with Gasteiger partial charge in [-0.3, -0.25) is 4.79 Å². The van der Waals surface area contributed by atoms with Gasteiger partial charge in [-0.1, -0.05) is 17.3 Å². The highest BCUT2D eigenvalue weighted by Gasteiger charge is 2.31. The Bertz CT molecular complexity index is 685. The molecule has 0 aliphatic carbocycles. The van der Waals surface area contributed by atoms with E-state index in [0.29, 0.717) is 36.3 Å². The number of methoxy groups -OCH3 is 1. The minimum atomic E-state index is -0.0605. The molecule has 1 aliphatic rings. The Hall–Kier alpha value is -2.57. The van der Waals surface area contributed by atoms with Crippen LogP contribution in [0.2, 0.25) is 0 Å². The van der Waals surface area contributed by atoms with E-state index in [2.05, 4.69) is 10.1 Å². The lowest BCUT2D eigenvalue weighted by Crippen LogP contribution is -2.32. The second-order valence-corrected chi connectivity index (χ2v) is 5.44. The van der Waals surface area contributed by atoms with E-state index in [1.807, 2.05) is 12.1 Å². The van der Waals surface area contributed by atoms with Crippen LogP contribution in [-0.4, -0.2) is 47.8 Å². The molecule has 0 N–H and O–H groups in total. The molecule has 1 saturated heterocycles. The molecule has 3 rings (SSSR count). The van der Waals surface area contributed by atoms with Crippen LogP contribution in [0.3, 0.4) is 0 Å². The monoisotopic (exact) mass is 317 g/mol. The number of nitrogens with zero attached hydrogens (tertiary/aromatic N) is 3. The van der Waals surface area contributed by atoms with Crippen molar-refractivity contribution in [3.8, 4) is 11.5 Å². The number of hydrogen-bond acceptors (Lipinski definition) is 6. The average Bonchev–Trinajstić information content (AvgIpc) is 3.21. The lowest BCUT2D eigenvalue weighted by atomic mass is 10.1. The molecule has 1 atom stereocenters. The van der Waals surface area contributed by atoms with Crippen molar-refractivity contribution < 1.29 is 18.8 Å². The molecule has 0 bridgehead atoms. The Balaban J connectivity index is 1.55. The fourth-order valence-electron chi connectivity index (χ4n) is 2.64. The number of rotatable bonds is 5. The van der Waals surface area contributed by atoms with Crippen molar-refractivity contribution in [2.75, 3.05) is 26.8 Å². The van der Waals surface area contributed by atoms with E-state index in [0.717, 1.165) is 6.42 Å². The van der Waals surface area contributed by atoms with E-state index in [4.69, 9.17) is 14.0 Å². The summed E-state index contributed by atoms with van der Waals surface area (Å²) in [6.07, 6.45) is 0.821. The molecule has 23 heavy (non-hydrogen) atoms. The number of hydrogen-bond donors (Lipinski definition) is 0. The molecule has 0 radical (unpaired) electrons. The van der Waals surface area contributed by atoms with Gasteiger partial charge in [0, 0.05) is 13.1 Å². The summed E-state index contributed by atoms with van der Waals surface area (Å²) in [7, 11) is 1.57. The third-order valence-electron chi connectivity index (χ3n) is 3.85. The van der Waals surface area contributed by atoms with Crippen LogP contribution in [0.5, 0.6) is 11.5 Å². The number of carbonyl (C=O) groups excluding carboxylic acids is 1. The highest BCUT2D eigenvalue weighted by molar-refractivity contribution is 5.78. The number of carbonyl (C=O) groups is 1. The van der Waals surface area contributed by atoms with Gasteiger partial charge in [0.05, 0.1) is 13.0 Å². The molecule has 0 saturated carbocycles. The maximum atomic E-state index is 12.3. The van der Waals surface area contributed by atoms with Gasteiger partial charge in [-0.25, -0.2) is 0 Å². The summed E-state index contributed by atoms with van der Waals surface area (Å²) in [4.78, 5) is 18.3. The topological polar surface area (TPSA) is 77.7 Å². The Kier molecular flexibility index (Phi) is 4.45. The molecule has 1 aliphatic heterocycles. The van der Waals surface area contributed by atoms with Crippen LogP contribution >= 0.6 is 0 Å². The highest BCUT2D eigenvalue weighted by Crippen LogP contribution is 2.27. The molecule has 122 valence electrons. The lowest BCUT2D eigenvalue weighted by molar-refractivity contribution is -0.132. The summed E-state index contributed by atoms with van der Waals surface area (Å²) in [5, 5.41) is 3.80. The van der Waals surface area contributed by atoms with Gasteiger partial charge in [-0.05, 0) is 25.5 Å². The molecule has 1 amide bonds. The van der Waals surface area contributed by atoms with Crippen LogP contribution in [0.4, 0.5) is 0 Å². The first kappa shape index (κ1) is 15.3. The first-order valence-corrected chi connectivity index (χ1v) is 7.51. The van der Waals surface area contributed by atoms with Gasteiger partial charge in [0.25, 0.3) is 5.91 Å². The Labute approximate surface area is 134 Å². The number of amides is 1. The number of likely N-dealkylation sites (tertiary alicyclic amines) is 1. The number of para-hydroxylation sites is 2. The van der Waals surface area contributed by atoms with Gasteiger partial charge in [-0.2, -0.15) is 4.98 Å². The number of aromatic nitrogens is 2. The van der Waals surface area contributed by atoms with Crippen molar-refractivity contribution in [3.63, 3.8) is 0 Å². The van der Waals surface area contributed by atoms with E-state index < -0.39 is 0 Å². The van der Waals surface area contributed by atoms with Crippen molar-refractivity contribution >= 4 is 5.91 Å². The Morgan fingerprint density at radius 3 is 2.87 bits per heavy atom. The predicted molar refractivity (Wildman–Crippen MR) is 81.5 cm³/mol. The van der Waals surface area contributed by atoms with Gasteiger partial charge in [0.15, 0.2) is 23.9 Å². The van der Waals surface area contributed by atoms with Crippen LogP contribution in [-0.2, 0) is 4.79 Å². The molecular weight excluding hydrogens is 298 g/mol. The minimum Gasteiger partial charge on any atom is -0.493 e. The van der Waals surface area contributed by atoms with Crippen molar-refractivity contribution in [1.29, 1.82) is 0 Å². The van der Waals surface area contributed by atoms with Crippen LogP contribution in [0.25, 0.3) is 0 Å². The highest BCUT2D eigenvalue weighted by atomic mass is 16.5. The van der Waals surface area contributed by atoms with Crippen LogP contribution in [0, 0.1) is 6.92 Å². The van der Waals surface area contributed by atoms with Crippen molar-refractivity contribution in [2.24, 2.45) is 0 Å². The fraction of sp³-hybridized carbons (Fsp3) is 0.438. The lowest BCUT2D eigenvalue weighted by Gasteiger charge is -2.17. The largest absolute Gasteiger partial charge is 0.493 e. The van der Waals surface area contributed by atoms with E-state index in [1.165, 1.54) is 0 Å². The standard InChI is InChI=1S/C16H19N3O4/c1-11-17-16(23-18-11)12-7-8-19(9-12)15(20)10-22-14-6-4-3-5-13(14)21-2/h3-6,12H,7-10H2,1-2H3/t12-/m0/s1. The number of ether oxygens (including phenoxy) is 2. The van der Waals surface area contributed by atoms with Crippen LogP contribution < -0.4 is 9.47 Å². The summed E-state index contributed by atoms with van der Waals surface area (Å²) in [6, 6.07) is 7.26. The third-order valence-corrected chi connectivity index (χ3v) is 3.85. The normalized spacial score (nSPS) is 17.3. The molecule has 1 aromatic carbocycles. The van der Waals surface area contributed by atoms with Gasteiger partial charge < -0.3 is 18.9 Å². The van der Waals surface area contributed by atoms with E-state index in [1.54, 1.807) is 31.1 Å². The summed E-state index contributed by atoms with van der Waals surface area (Å²) < 4.78 is 16.0. The van der Waals surface area contributed by atoms with Crippen molar-refractivity contribution in [1.82, 2.24) is 15.0 Å². The van der Waals surface area contributed by atoms with Gasteiger partial charge in [-0.15, -0.1) is 0 Å². The molecule has 2 aromatic rings. The molecular formula is C16H19N3O4. The summed E-state index contributed by atoms with van der Waals surface area (Å²) >= 11 is 0. The van der Waals surface area contributed by atoms with Gasteiger partial charge in [0.2, 0.25) is 5.89 Å². The van der Waals surface area contributed by atoms with Gasteiger partial charge >= 0.3 is 0 Å². The smallest absolute Gasteiger partial charge is 0.260 e. The zero-order chi connectivity index (χ0) is 16.2. The maximum absolute atomic E-state index is 12.3. The summed E-state index contributed by atoms with van der Waals surface area (Å²) in [6.45, 7) is 3.01. The zero-order valence-corrected chi connectivity index (χ0v) is 13.2. The summed E-state index contributed by atoms with van der Waals surface area (Å²) in [5.74, 6) is 2.43. The number of benzene rings is 1. The quantitative estimate of drug-likeness (QED) is 0.836. The second kappa shape index (κ2) is 6.68. The Morgan fingerprint density at radius 1 is 1.39 bits per heavy atom. The molecule has 1 aromatic heterocycles. The van der Waals surface area contributed by atoms with Crippen molar-refractivity contribution in [3.05, 3.63) is 36.0 Å².